The molecule has 1 aliphatic carbocycles. The van der Waals surface area contributed by atoms with E-state index in [4.69, 9.17) is 0 Å². The Morgan fingerprint density at radius 2 is 2.06 bits per heavy atom. The molecule has 0 saturated heterocycles. The lowest BCUT2D eigenvalue weighted by atomic mass is 9.93. The summed E-state index contributed by atoms with van der Waals surface area (Å²) in [6.45, 7) is 0.595. The molecule has 1 aliphatic rings. The van der Waals surface area contributed by atoms with Crippen molar-refractivity contribution in [1.82, 2.24) is 4.90 Å². The maximum absolute atomic E-state index is 13.7. The first kappa shape index (κ1) is 13.7. The Labute approximate surface area is 115 Å². The average molecular weight is 314 g/mol. The number of benzene rings is 1. The molecule has 1 aromatic rings. The summed E-state index contributed by atoms with van der Waals surface area (Å²) >= 11 is 3.25. The first-order chi connectivity index (χ1) is 8.56. The predicted molar refractivity (Wildman–Crippen MR) is 72.8 cm³/mol. The lowest BCUT2D eigenvalue weighted by Gasteiger charge is -2.30. The molecule has 0 aromatic heterocycles. The molecule has 0 atom stereocenters. The summed E-state index contributed by atoms with van der Waals surface area (Å²) in [6.07, 6.45) is 3.12. The fourth-order valence-electron chi connectivity index (χ4n) is 2.41. The van der Waals surface area contributed by atoms with Crippen molar-refractivity contribution in [2.45, 2.75) is 38.3 Å². The van der Waals surface area contributed by atoms with Gasteiger partial charge >= 0.3 is 0 Å². The van der Waals surface area contributed by atoms with E-state index in [1.807, 2.05) is 19.2 Å². The molecular weight excluding hydrogens is 297 g/mol. The minimum Gasteiger partial charge on any atom is -0.300 e. The zero-order chi connectivity index (χ0) is 13.1. The highest BCUT2D eigenvalue weighted by atomic mass is 79.9. The molecule has 2 nitrogen and oxygen atoms in total. The van der Waals surface area contributed by atoms with Crippen LogP contribution in [0.15, 0.2) is 22.7 Å². The van der Waals surface area contributed by atoms with Crippen LogP contribution in [0.5, 0.6) is 0 Å². The van der Waals surface area contributed by atoms with Gasteiger partial charge in [-0.1, -0.05) is 22.0 Å². The van der Waals surface area contributed by atoms with Crippen LogP contribution in [-0.4, -0.2) is 23.8 Å². The molecule has 0 bridgehead atoms. The molecule has 0 radical (unpaired) electrons. The van der Waals surface area contributed by atoms with Crippen LogP contribution in [0.25, 0.3) is 0 Å². The number of ketones is 1. The Morgan fingerprint density at radius 1 is 1.39 bits per heavy atom. The highest BCUT2D eigenvalue weighted by molar-refractivity contribution is 9.10. The monoisotopic (exact) mass is 313 g/mol. The number of hydrogen-bond donors (Lipinski definition) is 0. The molecule has 98 valence electrons. The minimum atomic E-state index is -0.178. The second-order valence-electron chi connectivity index (χ2n) is 4.92. The highest BCUT2D eigenvalue weighted by Crippen LogP contribution is 2.22. The van der Waals surface area contributed by atoms with Gasteiger partial charge in [-0.15, -0.1) is 0 Å². The molecule has 4 heteroatoms. The smallest absolute Gasteiger partial charge is 0.133 e. The predicted octanol–water partition coefficient (Wildman–Crippen LogP) is 3.53. The van der Waals surface area contributed by atoms with Crippen molar-refractivity contribution in [3.63, 3.8) is 0 Å². The summed E-state index contributed by atoms with van der Waals surface area (Å²) in [5, 5.41) is 0. The van der Waals surface area contributed by atoms with Gasteiger partial charge in [-0.3, -0.25) is 9.69 Å². The van der Waals surface area contributed by atoms with Crippen LogP contribution in [0, 0.1) is 5.82 Å². The summed E-state index contributed by atoms with van der Waals surface area (Å²) in [6, 6.07) is 5.56. The molecule has 2 rings (SSSR count). The third-order valence-electron chi connectivity index (χ3n) is 3.57. The molecule has 1 saturated carbocycles. The number of hydrogen-bond acceptors (Lipinski definition) is 2. The topological polar surface area (TPSA) is 20.3 Å². The second kappa shape index (κ2) is 5.93. The Kier molecular flexibility index (Phi) is 4.51. The van der Waals surface area contributed by atoms with E-state index in [9.17, 15) is 9.18 Å². The number of halogens is 2. The van der Waals surface area contributed by atoms with Crippen molar-refractivity contribution in [2.75, 3.05) is 7.05 Å². The maximum atomic E-state index is 13.7. The third kappa shape index (κ3) is 3.39. The normalized spacial score (nSPS) is 17.4. The fraction of sp³-hybridized carbons (Fsp3) is 0.500. The summed E-state index contributed by atoms with van der Waals surface area (Å²) in [5.74, 6) is 0.178. The van der Waals surface area contributed by atoms with E-state index in [0.717, 1.165) is 17.3 Å². The fourth-order valence-corrected chi connectivity index (χ4v) is 2.75. The van der Waals surface area contributed by atoms with E-state index in [1.165, 1.54) is 6.07 Å². The molecule has 0 amide bonds. The van der Waals surface area contributed by atoms with E-state index in [0.29, 0.717) is 36.8 Å². The number of carbonyl (C=O) groups excluding carboxylic acids is 1. The minimum absolute atomic E-state index is 0.178. The lowest BCUT2D eigenvalue weighted by molar-refractivity contribution is -0.121. The van der Waals surface area contributed by atoms with Gasteiger partial charge in [-0.25, -0.2) is 4.39 Å². The van der Waals surface area contributed by atoms with E-state index >= 15 is 0 Å². The van der Waals surface area contributed by atoms with Crippen LogP contribution in [0.1, 0.15) is 31.2 Å². The quantitative estimate of drug-likeness (QED) is 0.851. The van der Waals surface area contributed by atoms with E-state index in [2.05, 4.69) is 20.8 Å². The lowest BCUT2D eigenvalue weighted by Crippen LogP contribution is -2.35. The van der Waals surface area contributed by atoms with Crippen LogP contribution in [0.4, 0.5) is 4.39 Å². The van der Waals surface area contributed by atoms with Gasteiger partial charge in [0.2, 0.25) is 0 Å². The SMILES string of the molecule is CN(Cc1ccc(Br)cc1F)C1CCC(=O)CC1. The maximum Gasteiger partial charge on any atom is 0.133 e. The number of carbonyl (C=O) groups is 1. The standard InChI is InChI=1S/C14H17BrFNO/c1-17(12-4-6-13(18)7-5-12)9-10-2-3-11(15)8-14(10)16/h2-3,8,12H,4-7,9H2,1H3. The summed E-state index contributed by atoms with van der Waals surface area (Å²) in [5.41, 5.74) is 0.706. The zero-order valence-electron chi connectivity index (χ0n) is 10.5. The molecule has 0 aliphatic heterocycles. The van der Waals surface area contributed by atoms with Crippen LogP contribution in [-0.2, 0) is 11.3 Å². The third-order valence-corrected chi connectivity index (χ3v) is 4.06. The van der Waals surface area contributed by atoms with Gasteiger partial charge in [0, 0.05) is 35.5 Å². The van der Waals surface area contributed by atoms with Crippen LogP contribution >= 0.6 is 15.9 Å². The van der Waals surface area contributed by atoms with Crippen molar-refractivity contribution in [3.05, 3.63) is 34.1 Å². The van der Waals surface area contributed by atoms with Gasteiger partial charge in [0.15, 0.2) is 0 Å². The molecular formula is C14H17BrFNO. The summed E-state index contributed by atoms with van der Waals surface area (Å²) in [4.78, 5) is 13.3. The molecule has 1 fully saturated rings. The second-order valence-corrected chi connectivity index (χ2v) is 5.84. The average Bonchev–Trinajstić information content (AvgIpc) is 2.33. The van der Waals surface area contributed by atoms with Crippen molar-refractivity contribution >= 4 is 21.7 Å². The molecule has 1 aromatic carbocycles. The van der Waals surface area contributed by atoms with Crippen LogP contribution in [0.3, 0.4) is 0 Å². The Bertz CT molecular complexity index is 439. The largest absolute Gasteiger partial charge is 0.300 e. The summed E-state index contributed by atoms with van der Waals surface area (Å²) in [7, 11) is 2.00. The van der Waals surface area contributed by atoms with Crippen molar-refractivity contribution in [3.8, 4) is 0 Å². The van der Waals surface area contributed by atoms with Crippen molar-refractivity contribution < 1.29 is 9.18 Å². The van der Waals surface area contributed by atoms with Crippen molar-refractivity contribution in [1.29, 1.82) is 0 Å². The summed E-state index contributed by atoms with van der Waals surface area (Å²) < 4.78 is 14.5. The van der Waals surface area contributed by atoms with Crippen molar-refractivity contribution in [2.24, 2.45) is 0 Å². The van der Waals surface area contributed by atoms with Gasteiger partial charge in [0.05, 0.1) is 0 Å². The van der Waals surface area contributed by atoms with Gasteiger partial charge in [0.25, 0.3) is 0 Å². The van der Waals surface area contributed by atoms with Gasteiger partial charge in [0.1, 0.15) is 11.6 Å². The van der Waals surface area contributed by atoms with Gasteiger partial charge < -0.3 is 0 Å². The van der Waals surface area contributed by atoms with Crippen LogP contribution < -0.4 is 0 Å². The Balaban J connectivity index is 1.98. The highest BCUT2D eigenvalue weighted by Gasteiger charge is 2.22. The first-order valence-corrected chi connectivity index (χ1v) is 7.01. The number of rotatable bonds is 3. The molecule has 18 heavy (non-hydrogen) atoms. The van der Waals surface area contributed by atoms with Gasteiger partial charge in [-0.05, 0) is 32.0 Å². The molecule has 0 heterocycles. The Morgan fingerprint density at radius 3 is 2.67 bits per heavy atom. The molecule has 0 unspecified atom stereocenters. The van der Waals surface area contributed by atoms with E-state index < -0.39 is 0 Å². The van der Waals surface area contributed by atoms with E-state index in [-0.39, 0.29) is 5.82 Å². The molecule has 0 N–H and O–H groups in total. The van der Waals surface area contributed by atoms with E-state index in [1.54, 1.807) is 0 Å². The first-order valence-electron chi connectivity index (χ1n) is 6.22. The zero-order valence-corrected chi connectivity index (χ0v) is 12.0. The van der Waals surface area contributed by atoms with Crippen LogP contribution in [0.2, 0.25) is 0 Å². The number of nitrogens with zero attached hydrogens (tertiary/aromatic N) is 1. The number of Topliss-reactive ketones (excluding diaryl/α,β-unsaturated/α-hetero) is 1. The Hall–Kier alpha value is -0.740. The van der Waals surface area contributed by atoms with Gasteiger partial charge in [-0.2, -0.15) is 0 Å². The molecule has 0 spiro atoms.